The van der Waals surface area contributed by atoms with Crippen LogP contribution < -0.4 is 4.74 Å². The number of halogens is 2. The normalized spacial score (nSPS) is 11.0. The molecule has 0 saturated heterocycles. The van der Waals surface area contributed by atoms with Crippen molar-refractivity contribution in [2.75, 3.05) is 6.61 Å². The van der Waals surface area contributed by atoms with Crippen molar-refractivity contribution in [3.05, 3.63) is 88.1 Å². The minimum absolute atomic E-state index is 0.508. The molecule has 170 valence electrons. The number of benzene rings is 2. The van der Waals surface area contributed by atoms with Crippen LogP contribution in [0, 0.1) is 0 Å². The molecule has 4 aromatic rings. The molecule has 0 radical (unpaired) electrons. The number of hydrogen-bond acceptors (Lipinski definition) is 6. The highest BCUT2D eigenvalue weighted by molar-refractivity contribution is 7.98. The summed E-state index contributed by atoms with van der Waals surface area (Å²) >= 11 is 15.4. The minimum Gasteiger partial charge on any atom is -0.492 e. The van der Waals surface area contributed by atoms with E-state index in [0.717, 1.165) is 45.8 Å². The second-order valence-electron chi connectivity index (χ2n) is 7.12. The van der Waals surface area contributed by atoms with Gasteiger partial charge in [-0.3, -0.25) is 0 Å². The molecule has 9 heteroatoms. The van der Waals surface area contributed by atoms with Gasteiger partial charge in [-0.15, -0.1) is 28.1 Å². The van der Waals surface area contributed by atoms with Crippen molar-refractivity contribution < 1.29 is 4.74 Å². The molecule has 2 aromatic heterocycles. The van der Waals surface area contributed by atoms with E-state index in [4.69, 9.17) is 32.9 Å². The van der Waals surface area contributed by atoms with E-state index in [2.05, 4.69) is 38.9 Å². The summed E-state index contributed by atoms with van der Waals surface area (Å²) < 4.78 is 7.88. The third kappa shape index (κ3) is 6.38. The quantitative estimate of drug-likeness (QED) is 0.120. The van der Waals surface area contributed by atoms with Crippen molar-refractivity contribution >= 4 is 46.3 Å². The van der Waals surface area contributed by atoms with E-state index in [1.165, 1.54) is 0 Å². The van der Waals surface area contributed by atoms with Gasteiger partial charge in [0.2, 0.25) is 0 Å². The Morgan fingerprint density at radius 1 is 1.12 bits per heavy atom. The third-order valence-electron chi connectivity index (χ3n) is 4.72. The first-order chi connectivity index (χ1) is 16.1. The Kier molecular flexibility index (Phi) is 8.45. The standard InChI is InChI=1S/C24H22Cl2N4OS2/c1-2-12-30-22(9-6-13-31-21-11-10-18(25)14-20(21)26)28-29-24(30)33-16-19-15-32-23(27-19)17-7-4-3-5-8-17/h2-5,7-8,10-11,14-15H,1,6,9,12-13,16H2. The van der Waals surface area contributed by atoms with Gasteiger partial charge in [0, 0.05) is 34.7 Å². The van der Waals surface area contributed by atoms with Crippen molar-refractivity contribution in [3.8, 4) is 16.3 Å². The van der Waals surface area contributed by atoms with Crippen LogP contribution in [0.4, 0.5) is 0 Å². The molecule has 33 heavy (non-hydrogen) atoms. The fourth-order valence-corrected chi connectivity index (χ4v) is 5.41. The van der Waals surface area contributed by atoms with Crippen molar-refractivity contribution in [1.82, 2.24) is 19.7 Å². The maximum Gasteiger partial charge on any atom is 0.191 e. The molecule has 0 amide bonds. The third-order valence-corrected chi connectivity index (χ3v) is 7.19. The first-order valence-electron chi connectivity index (χ1n) is 10.4. The van der Waals surface area contributed by atoms with E-state index in [9.17, 15) is 0 Å². The molecule has 0 bridgehead atoms. The number of aromatic nitrogens is 4. The molecule has 2 heterocycles. The van der Waals surface area contributed by atoms with Crippen LogP contribution in [0.5, 0.6) is 5.75 Å². The molecular formula is C24H22Cl2N4OS2. The Hall–Kier alpha value is -2.32. The van der Waals surface area contributed by atoms with Crippen LogP contribution in [-0.2, 0) is 18.7 Å². The molecule has 0 aliphatic heterocycles. The maximum atomic E-state index is 6.16. The molecule has 0 N–H and O–H groups in total. The topological polar surface area (TPSA) is 52.8 Å². The lowest BCUT2D eigenvalue weighted by atomic mass is 10.2. The Bertz CT molecular complexity index is 1210. The minimum atomic E-state index is 0.508. The number of ether oxygens (including phenoxy) is 1. The van der Waals surface area contributed by atoms with Gasteiger partial charge < -0.3 is 9.30 Å². The zero-order chi connectivity index (χ0) is 23.0. The SMILES string of the molecule is C=CCn1c(CCCOc2ccc(Cl)cc2Cl)nnc1SCc1csc(-c2ccccc2)n1. The predicted octanol–water partition coefficient (Wildman–Crippen LogP) is 7.20. The summed E-state index contributed by atoms with van der Waals surface area (Å²) in [5.41, 5.74) is 2.17. The van der Waals surface area contributed by atoms with Crippen LogP contribution in [0.25, 0.3) is 10.6 Å². The van der Waals surface area contributed by atoms with Gasteiger partial charge in [0.1, 0.15) is 16.6 Å². The van der Waals surface area contributed by atoms with Crippen LogP contribution >= 0.6 is 46.3 Å². The van der Waals surface area contributed by atoms with Gasteiger partial charge >= 0.3 is 0 Å². The van der Waals surface area contributed by atoms with Crippen LogP contribution in [0.15, 0.2) is 71.7 Å². The zero-order valence-corrected chi connectivity index (χ0v) is 20.9. The fraction of sp³-hybridized carbons (Fsp3) is 0.208. The molecular weight excluding hydrogens is 495 g/mol. The molecule has 0 aliphatic carbocycles. The lowest BCUT2D eigenvalue weighted by Gasteiger charge is -2.09. The van der Waals surface area contributed by atoms with Gasteiger partial charge in [-0.25, -0.2) is 4.98 Å². The zero-order valence-electron chi connectivity index (χ0n) is 17.8. The smallest absolute Gasteiger partial charge is 0.191 e. The van der Waals surface area contributed by atoms with Crippen molar-refractivity contribution in [2.24, 2.45) is 0 Å². The van der Waals surface area contributed by atoms with E-state index in [-0.39, 0.29) is 0 Å². The van der Waals surface area contributed by atoms with Gasteiger partial charge in [-0.05, 0) is 24.6 Å². The molecule has 0 spiro atoms. The highest BCUT2D eigenvalue weighted by Gasteiger charge is 2.13. The van der Waals surface area contributed by atoms with Gasteiger partial charge in [0.25, 0.3) is 0 Å². The van der Waals surface area contributed by atoms with Gasteiger partial charge in [-0.2, -0.15) is 0 Å². The average molecular weight is 518 g/mol. The number of nitrogens with zero attached hydrogens (tertiary/aromatic N) is 4. The maximum absolute atomic E-state index is 6.16. The van der Waals surface area contributed by atoms with E-state index in [1.54, 1.807) is 41.3 Å². The van der Waals surface area contributed by atoms with Gasteiger partial charge in [-0.1, -0.05) is 71.4 Å². The molecule has 5 nitrogen and oxygen atoms in total. The lowest BCUT2D eigenvalue weighted by molar-refractivity contribution is 0.309. The molecule has 0 aliphatic rings. The summed E-state index contributed by atoms with van der Waals surface area (Å²) in [5.74, 6) is 2.27. The molecule has 0 unspecified atom stereocenters. The first-order valence-corrected chi connectivity index (χ1v) is 13.0. The highest BCUT2D eigenvalue weighted by Crippen LogP contribution is 2.29. The summed E-state index contributed by atoms with van der Waals surface area (Å²) in [7, 11) is 0. The summed E-state index contributed by atoms with van der Waals surface area (Å²) in [6.45, 7) is 5.05. The van der Waals surface area contributed by atoms with E-state index in [1.807, 2.05) is 24.3 Å². The van der Waals surface area contributed by atoms with Crippen LogP contribution in [0.1, 0.15) is 17.9 Å². The highest BCUT2D eigenvalue weighted by atomic mass is 35.5. The molecule has 0 saturated carbocycles. The van der Waals surface area contributed by atoms with E-state index in [0.29, 0.717) is 28.9 Å². The fourth-order valence-electron chi connectivity index (χ4n) is 3.15. The molecule has 2 aromatic carbocycles. The number of rotatable bonds is 11. The summed E-state index contributed by atoms with van der Waals surface area (Å²) in [5, 5.41) is 13.9. The van der Waals surface area contributed by atoms with Crippen LogP contribution in [0.2, 0.25) is 10.0 Å². The van der Waals surface area contributed by atoms with Crippen molar-refractivity contribution in [3.63, 3.8) is 0 Å². The molecule has 0 fully saturated rings. The molecule has 4 rings (SSSR count). The molecule has 0 atom stereocenters. The summed E-state index contributed by atoms with van der Waals surface area (Å²) in [6, 6.07) is 15.4. The lowest BCUT2D eigenvalue weighted by Crippen LogP contribution is -2.07. The van der Waals surface area contributed by atoms with Crippen molar-refractivity contribution in [2.45, 2.75) is 30.3 Å². The number of hydrogen-bond donors (Lipinski definition) is 0. The predicted molar refractivity (Wildman–Crippen MR) is 138 cm³/mol. The second kappa shape index (κ2) is 11.7. The largest absolute Gasteiger partial charge is 0.492 e. The van der Waals surface area contributed by atoms with Crippen molar-refractivity contribution in [1.29, 1.82) is 0 Å². The summed E-state index contributed by atoms with van der Waals surface area (Å²) in [6.07, 6.45) is 3.38. The Labute approximate surface area is 211 Å². The Morgan fingerprint density at radius 3 is 2.76 bits per heavy atom. The Morgan fingerprint density at radius 2 is 1.97 bits per heavy atom. The monoisotopic (exact) mass is 516 g/mol. The Balaban J connectivity index is 1.33. The van der Waals surface area contributed by atoms with Gasteiger partial charge in [0.05, 0.1) is 17.3 Å². The number of thiazole rings is 1. The second-order valence-corrected chi connectivity index (χ2v) is 9.77. The number of thioether (sulfide) groups is 1. The van der Waals surface area contributed by atoms with E-state index >= 15 is 0 Å². The van der Waals surface area contributed by atoms with Crippen LogP contribution in [-0.4, -0.2) is 26.4 Å². The first kappa shape index (κ1) is 23.8. The van der Waals surface area contributed by atoms with Crippen LogP contribution in [0.3, 0.4) is 0 Å². The van der Waals surface area contributed by atoms with E-state index < -0.39 is 0 Å². The van der Waals surface area contributed by atoms with Gasteiger partial charge in [0.15, 0.2) is 5.16 Å². The summed E-state index contributed by atoms with van der Waals surface area (Å²) in [4.78, 5) is 4.76. The number of aryl methyl sites for hydroxylation is 1. The number of allylic oxidation sites excluding steroid dienone is 1. The average Bonchev–Trinajstić information content (AvgIpc) is 3.45.